The Morgan fingerprint density at radius 2 is 1.96 bits per heavy atom. The van der Waals surface area contributed by atoms with E-state index in [0.717, 1.165) is 24.8 Å². The Morgan fingerprint density at radius 1 is 1.26 bits per heavy atom. The van der Waals surface area contributed by atoms with Crippen molar-refractivity contribution in [2.45, 2.75) is 64.3 Å². The van der Waals surface area contributed by atoms with Crippen LogP contribution in [0.25, 0.3) is 0 Å². The van der Waals surface area contributed by atoms with Crippen LogP contribution < -0.4 is 10.6 Å². The Balaban J connectivity index is 1.89. The zero-order valence-electron chi connectivity index (χ0n) is 13.8. The molecule has 0 spiro atoms. The number of carbonyl (C=O) groups excluding carboxylic acids is 1. The molecule has 2 rings (SSSR count). The molecule has 2 atom stereocenters. The lowest BCUT2D eigenvalue weighted by Gasteiger charge is -2.25. The number of alkyl carbamates (subject to hydrolysis) is 1. The van der Waals surface area contributed by atoms with Gasteiger partial charge in [-0.15, -0.1) is 0 Å². The Kier molecular flexibility index (Phi) is 6.18. The van der Waals surface area contributed by atoms with Crippen molar-refractivity contribution < 1.29 is 9.53 Å². The van der Waals surface area contributed by atoms with Crippen LogP contribution in [0.5, 0.6) is 0 Å². The SMILES string of the molecule is CC(C)(C)OC(=O)NC1CCCC1NCc1cccc(Cl)c1Cl. The molecular formula is C17H24Cl2N2O2. The van der Waals surface area contributed by atoms with Gasteiger partial charge in [0, 0.05) is 18.6 Å². The molecular weight excluding hydrogens is 335 g/mol. The first-order valence-electron chi connectivity index (χ1n) is 7.92. The summed E-state index contributed by atoms with van der Waals surface area (Å²) < 4.78 is 5.33. The molecule has 23 heavy (non-hydrogen) atoms. The Labute approximate surface area is 147 Å². The van der Waals surface area contributed by atoms with E-state index in [1.165, 1.54) is 0 Å². The van der Waals surface area contributed by atoms with Crippen LogP contribution in [0.3, 0.4) is 0 Å². The van der Waals surface area contributed by atoms with Crippen LogP contribution in [-0.2, 0) is 11.3 Å². The molecule has 1 aliphatic carbocycles. The van der Waals surface area contributed by atoms with E-state index in [4.69, 9.17) is 27.9 Å². The van der Waals surface area contributed by atoms with Gasteiger partial charge >= 0.3 is 6.09 Å². The van der Waals surface area contributed by atoms with Crippen molar-refractivity contribution in [3.63, 3.8) is 0 Å². The number of benzene rings is 1. The Morgan fingerprint density at radius 3 is 2.65 bits per heavy atom. The van der Waals surface area contributed by atoms with E-state index < -0.39 is 5.60 Å². The number of hydrogen-bond acceptors (Lipinski definition) is 3. The molecule has 1 fully saturated rings. The fourth-order valence-corrected chi connectivity index (χ4v) is 3.15. The first-order chi connectivity index (χ1) is 10.8. The van der Waals surface area contributed by atoms with Crippen molar-refractivity contribution in [3.05, 3.63) is 33.8 Å². The van der Waals surface area contributed by atoms with Crippen LogP contribution in [0.15, 0.2) is 18.2 Å². The third-order valence-electron chi connectivity index (χ3n) is 3.80. The first-order valence-corrected chi connectivity index (χ1v) is 8.67. The van der Waals surface area contributed by atoms with E-state index in [1.807, 2.05) is 32.9 Å². The van der Waals surface area contributed by atoms with Gasteiger partial charge in [0.2, 0.25) is 0 Å². The summed E-state index contributed by atoms with van der Waals surface area (Å²) in [6.07, 6.45) is 2.66. The monoisotopic (exact) mass is 358 g/mol. The minimum Gasteiger partial charge on any atom is -0.444 e. The van der Waals surface area contributed by atoms with Crippen molar-refractivity contribution in [2.75, 3.05) is 0 Å². The van der Waals surface area contributed by atoms with Crippen molar-refractivity contribution >= 4 is 29.3 Å². The molecule has 128 valence electrons. The topological polar surface area (TPSA) is 50.4 Å². The van der Waals surface area contributed by atoms with Gasteiger partial charge in [-0.2, -0.15) is 0 Å². The van der Waals surface area contributed by atoms with Crippen molar-refractivity contribution in [1.29, 1.82) is 0 Å². The molecule has 2 unspecified atom stereocenters. The lowest BCUT2D eigenvalue weighted by atomic mass is 10.1. The number of carbonyl (C=O) groups is 1. The summed E-state index contributed by atoms with van der Waals surface area (Å²) in [6.45, 7) is 6.20. The van der Waals surface area contributed by atoms with E-state index in [2.05, 4.69) is 10.6 Å². The van der Waals surface area contributed by atoms with Gasteiger partial charge in [-0.05, 0) is 51.7 Å². The summed E-state index contributed by atoms with van der Waals surface area (Å²) >= 11 is 12.2. The molecule has 1 amide bonds. The summed E-state index contributed by atoms with van der Waals surface area (Å²) in [7, 11) is 0. The second-order valence-corrected chi connectivity index (χ2v) is 7.67. The van der Waals surface area contributed by atoms with Crippen LogP contribution in [0.4, 0.5) is 4.79 Å². The molecule has 0 aromatic heterocycles. The van der Waals surface area contributed by atoms with Crippen LogP contribution >= 0.6 is 23.2 Å². The van der Waals surface area contributed by atoms with Crippen LogP contribution in [0.1, 0.15) is 45.6 Å². The van der Waals surface area contributed by atoms with Gasteiger partial charge in [-0.25, -0.2) is 4.79 Å². The van der Waals surface area contributed by atoms with E-state index in [1.54, 1.807) is 6.07 Å². The van der Waals surface area contributed by atoms with Gasteiger partial charge in [-0.3, -0.25) is 0 Å². The van der Waals surface area contributed by atoms with Gasteiger partial charge in [0.05, 0.1) is 10.0 Å². The van der Waals surface area contributed by atoms with E-state index >= 15 is 0 Å². The smallest absolute Gasteiger partial charge is 0.407 e. The number of hydrogen-bond donors (Lipinski definition) is 2. The highest BCUT2D eigenvalue weighted by Gasteiger charge is 2.29. The Hall–Kier alpha value is -0.970. The highest BCUT2D eigenvalue weighted by Crippen LogP contribution is 2.26. The number of amides is 1. The zero-order chi connectivity index (χ0) is 17.0. The maximum absolute atomic E-state index is 11.9. The quantitative estimate of drug-likeness (QED) is 0.831. The summed E-state index contributed by atoms with van der Waals surface area (Å²) in [5.74, 6) is 0. The second kappa shape index (κ2) is 7.73. The summed E-state index contributed by atoms with van der Waals surface area (Å²) in [4.78, 5) is 11.9. The number of ether oxygens (including phenoxy) is 1. The predicted molar refractivity (Wildman–Crippen MR) is 94.1 cm³/mol. The minimum atomic E-state index is -0.486. The lowest BCUT2D eigenvalue weighted by Crippen LogP contribution is -2.47. The largest absolute Gasteiger partial charge is 0.444 e. The standard InChI is InChI=1S/C17H24Cl2N2O2/c1-17(2,3)23-16(22)21-14-9-5-8-13(14)20-10-11-6-4-7-12(18)15(11)19/h4,6-7,13-14,20H,5,8-10H2,1-3H3,(H,21,22). The third kappa shape index (κ3) is 5.55. The minimum absolute atomic E-state index is 0.0720. The number of rotatable bonds is 4. The van der Waals surface area contributed by atoms with Crippen molar-refractivity contribution in [2.24, 2.45) is 0 Å². The molecule has 1 saturated carbocycles. The molecule has 2 N–H and O–H groups in total. The van der Waals surface area contributed by atoms with Gasteiger partial charge in [-0.1, -0.05) is 35.3 Å². The van der Waals surface area contributed by atoms with Crippen LogP contribution in [-0.4, -0.2) is 23.8 Å². The van der Waals surface area contributed by atoms with Gasteiger partial charge < -0.3 is 15.4 Å². The number of halogens is 2. The molecule has 0 aliphatic heterocycles. The molecule has 1 aliphatic rings. The average molecular weight is 359 g/mol. The van der Waals surface area contributed by atoms with Crippen molar-refractivity contribution in [3.8, 4) is 0 Å². The normalized spacial score (nSPS) is 21.3. The van der Waals surface area contributed by atoms with Gasteiger partial charge in [0.15, 0.2) is 0 Å². The molecule has 0 saturated heterocycles. The highest BCUT2D eigenvalue weighted by molar-refractivity contribution is 6.42. The molecule has 1 aromatic carbocycles. The highest BCUT2D eigenvalue weighted by atomic mass is 35.5. The summed E-state index contributed by atoms with van der Waals surface area (Å²) in [5.41, 5.74) is 0.474. The van der Waals surface area contributed by atoms with Crippen LogP contribution in [0, 0.1) is 0 Å². The third-order valence-corrected chi connectivity index (χ3v) is 4.66. The number of nitrogens with one attached hydrogen (secondary N) is 2. The van der Waals surface area contributed by atoms with E-state index in [9.17, 15) is 4.79 Å². The molecule has 1 aromatic rings. The Bertz CT molecular complexity index is 558. The summed E-state index contributed by atoms with van der Waals surface area (Å²) in [5, 5.41) is 7.57. The first kappa shape index (κ1) is 18.4. The maximum Gasteiger partial charge on any atom is 0.407 e. The predicted octanol–water partition coefficient (Wildman–Crippen LogP) is 4.53. The lowest BCUT2D eigenvalue weighted by molar-refractivity contribution is 0.0498. The molecule has 4 nitrogen and oxygen atoms in total. The van der Waals surface area contributed by atoms with Crippen LogP contribution in [0.2, 0.25) is 10.0 Å². The van der Waals surface area contributed by atoms with Gasteiger partial charge in [0.25, 0.3) is 0 Å². The fourth-order valence-electron chi connectivity index (χ4n) is 2.76. The molecule has 0 bridgehead atoms. The molecule has 0 radical (unpaired) electrons. The summed E-state index contributed by atoms with van der Waals surface area (Å²) in [6, 6.07) is 5.89. The average Bonchev–Trinajstić information content (AvgIpc) is 2.85. The van der Waals surface area contributed by atoms with E-state index in [0.29, 0.717) is 16.6 Å². The molecule has 0 heterocycles. The van der Waals surface area contributed by atoms with Crippen molar-refractivity contribution in [1.82, 2.24) is 10.6 Å². The second-order valence-electron chi connectivity index (χ2n) is 6.88. The molecule has 6 heteroatoms. The zero-order valence-corrected chi connectivity index (χ0v) is 15.3. The van der Waals surface area contributed by atoms with Gasteiger partial charge in [0.1, 0.15) is 5.60 Å². The fraction of sp³-hybridized carbons (Fsp3) is 0.588. The van der Waals surface area contributed by atoms with E-state index in [-0.39, 0.29) is 18.2 Å². The maximum atomic E-state index is 11.9.